The van der Waals surface area contributed by atoms with E-state index in [1.807, 2.05) is 31.2 Å². The van der Waals surface area contributed by atoms with Gasteiger partial charge in [-0.1, -0.05) is 18.2 Å². The van der Waals surface area contributed by atoms with E-state index in [2.05, 4.69) is 16.3 Å². The van der Waals surface area contributed by atoms with E-state index in [0.717, 1.165) is 44.2 Å². The Morgan fingerprint density at radius 1 is 1.27 bits per heavy atom. The van der Waals surface area contributed by atoms with Crippen LogP contribution in [0.2, 0.25) is 0 Å². The van der Waals surface area contributed by atoms with E-state index in [1.165, 1.54) is 5.56 Å². The Hall–Kier alpha value is -2.31. The van der Waals surface area contributed by atoms with Crippen molar-refractivity contribution in [3.05, 3.63) is 53.0 Å². The fourth-order valence-electron chi connectivity index (χ4n) is 3.50. The van der Waals surface area contributed by atoms with E-state index in [4.69, 9.17) is 13.9 Å². The lowest BCUT2D eigenvalue weighted by Gasteiger charge is -2.25. The van der Waals surface area contributed by atoms with Gasteiger partial charge in [0.1, 0.15) is 23.4 Å². The Morgan fingerprint density at radius 3 is 2.88 bits per heavy atom. The van der Waals surface area contributed by atoms with Crippen molar-refractivity contribution < 1.29 is 18.7 Å². The van der Waals surface area contributed by atoms with Gasteiger partial charge in [-0.05, 0) is 24.6 Å². The quantitative estimate of drug-likeness (QED) is 0.889. The molecule has 1 unspecified atom stereocenters. The summed E-state index contributed by atoms with van der Waals surface area (Å²) >= 11 is 0. The minimum Gasteiger partial charge on any atom is -0.488 e. The van der Waals surface area contributed by atoms with Crippen molar-refractivity contribution in [2.45, 2.75) is 26.0 Å². The molecule has 1 atom stereocenters. The molecule has 1 saturated heterocycles. The summed E-state index contributed by atoms with van der Waals surface area (Å²) in [4.78, 5) is 14.8. The number of hydrogen-bond donors (Lipinski definition) is 1. The normalized spacial score (nSPS) is 19.8. The van der Waals surface area contributed by atoms with Crippen LogP contribution in [0.4, 0.5) is 0 Å². The fraction of sp³-hybridized carbons (Fsp3) is 0.450. The van der Waals surface area contributed by atoms with Crippen LogP contribution >= 0.6 is 0 Å². The second-order valence-corrected chi connectivity index (χ2v) is 6.83. The molecule has 1 aromatic heterocycles. The van der Waals surface area contributed by atoms with Crippen LogP contribution in [-0.2, 0) is 17.7 Å². The Balaban J connectivity index is 1.32. The highest BCUT2D eigenvalue weighted by Gasteiger charge is 2.24. The van der Waals surface area contributed by atoms with Gasteiger partial charge >= 0.3 is 0 Å². The van der Waals surface area contributed by atoms with Crippen molar-refractivity contribution in [3.8, 4) is 5.75 Å². The van der Waals surface area contributed by atoms with Crippen LogP contribution in [0, 0.1) is 6.92 Å². The van der Waals surface area contributed by atoms with Crippen molar-refractivity contribution in [1.82, 2.24) is 10.2 Å². The van der Waals surface area contributed by atoms with Crippen LogP contribution in [-0.4, -0.2) is 49.8 Å². The van der Waals surface area contributed by atoms with Gasteiger partial charge in [-0.3, -0.25) is 9.69 Å². The number of nitrogens with one attached hydrogen (secondary N) is 1. The number of fused-ring (bicyclic) bond motifs is 1. The van der Waals surface area contributed by atoms with Gasteiger partial charge < -0.3 is 19.2 Å². The predicted molar refractivity (Wildman–Crippen MR) is 96.4 cm³/mol. The van der Waals surface area contributed by atoms with Gasteiger partial charge in [0.15, 0.2) is 0 Å². The van der Waals surface area contributed by atoms with Crippen LogP contribution in [0.1, 0.15) is 27.4 Å². The highest BCUT2D eigenvalue weighted by Crippen LogP contribution is 2.27. The average Bonchev–Trinajstić information content (AvgIpc) is 3.23. The molecule has 0 aliphatic carbocycles. The largest absolute Gasteiger partial charge is 0.488 e. The third-order valence-corrected chi connectivity index (χ3v) is 4.90. The molecule has 0 spiro atoms. The molecule has 1 N–H and O–H groups in total. The Morgan fingerprint density at radius 2 is 2.08 bits per heavy atom. The van der Waals surface area contributed by atoms with Crippen LogP contribution in [0.15, 0.2) is 34.7 Å². The lowest BCUT2D eigenvalue weighted by Crippen LogP contribution is -2.35. The third kappa shape index (κ3) is 3.76. The standard InChI is InChI=1S/C20H24N2O4/c1-14-18(11-17(25-14)13-22-6-8-24-9-7-22)20(23)21-12-16-10-15-4-2-3-5-19(15)26-16/h2-5,11,16H,6-10,12-13H2,1H3,(H,21,23). The third-order valence-electron chi connectivity index (χ3n) is 4.90. The second-order valence-electron chi connectivity index (χ2n) is 6.83. The topological polar surface area (TPSA) is 63.9 Å². The Bertz CT molecular complexity index is 755. The fourth-order valence-corrected chi connectivity index (χ4v) is 3.50. The van der Waals surface area contributed by atoms with Gasteiger partial charge in [-0.25, -0.2) is 0 Å². The molecule has 1 aromatic carbocycles. The molecule has 26 heavy (non-hydrogen) atoms. The summed E-state index contributed by atoms with van der Waals surface area (Å²) in [6, 6.07) is 9.85. The van der Waals surface area contributed by atoms with Crippen LogP contribution in [0.5, 0.6) is 5.75 Å². The molecule has 4 rings (SSSR count). The highest BCUT2D eigenvalue weighted by atomic mass is 16.5. The Kier molecular flexibility index (Phi) is 4.95. The molecule has 1 amide bonds. The van der Waals surface area contributed by atoms with Gasteiger partial charge in [0.05, 0.1) is 31.9 Å². The zero-order chi connectivity index (χ0) is 17.9. The second kappa shape index (κ2) is 7.51. The SMILES string of the molecule is Cc1oc(CN2CCOCC2)cc1C(=O)NCC1Cc2ccccc2O1. The number of furan rings is 1. The van der Waals surface area contributed by atoms with E-state index in [0.29, 0.717) is 24.4 Å². The number of hydrogen-bond acceptors (Lipinski definition) is 5. The zero-order valence-electron chi connectivity index (χ0n) is 15.0. The van der Waals surface area contributed by atoms with Crippen LogP contribution in [0.3, 0.4) is 0 Å². The van der Waals surface area contributed by atoms with Gasteiger partial charge in [0.2, 0.25) is 0 Å². The maximum atomic E-state index is 12.5. The summed E-state index contributed by atoms with van der Waals surface area (Å²) in [6.45, 7) is 6.30. The highest BCUT2D eigenvalue weighted by molar-refractivity contribution is 5.95. The maximum Gasteiger partial charge on any atom is 0.254 e. The Labute approximate surface area is 153 Å². The summed E-state index contributed by atoms with van der Waals surface area (Å²) in [5.74, 6) is 2.28. The minimum absolute atomic E-state index is 0.0172. The zero-order valence-corrected chi connectivity index (χ0v) is 15.0. The molecule has 2 aliphatic rings. The first-order valence-corrected chi connectivity index (χ1v) is 9.11. The van der Waals surface area contributed by atoms with Gasteiger partial charge in [-0.15, -0.1) is 0 Å². The first-order chi connectivity index (χ1) is 12.7. The molecule has 1 fully saturated rings. The van der Waals surface area contributed by atoms with E-state index in [1.54, 1.807) is 0 Å². The van der Waals surface area contributed by atoms with E-state index < -0.39 is 0 Å². The summed E-state index contributed by atoms with van der Waals surface area (Å²) in [6.07, 6.45) is 0.805. The first kappa shape index (κ1) is 17.1. The monoisotopic (exact) mass is 356 g/mol. The summed E-state index contributed by atoms with van der Waals surface area (Å²) < 4.78 is 17.0. The molecule has 2 aromatic rings. The van der Waals surface area contributed by atoms with Crippen molar-refractivity contribution in [2.24, 2.45) is 0 Å². The number of nitrogens with zero attached hydrogens (tertiary/aromatic N) is 1. The van der Waals surface area contributed by atoms with Crippen molar-refractivity contribution in [2.75, 3.05) is 32.8 Å². The number of carbonyl (C=O) groups is 1. The number of para-hydroxylation sites is 1. The number of amides is 1. The van der Waals surface area contributed by atoms with Crippen molar-refractivity contribution in [3.63, 3.8) is 0 Å². The van der Waals surface area contributed by atoms with Crippen LogP contribution in [0.25, 0.3) is 0 Å². The average molecular weight is 356 g/mol. The van der Waals surface area contributed by atoms with Gasteiger partial charge in [0.25, 0.3) is 5.91 Å². The van der Waals surface area contributed by atoms with Crippen molar-refractivity contribution in [1.29, 1.82) is 0 Å². The first-order valence-electron chi connectivity index (χ1n) is 9.11. The molecule has 6 nitrogen and oxygen atoms in total. The number of morpholine rings is 1. The molecule has 138 valence electrons. The minimum atomic E-state index is -0.112. The molecule has 0 bridgehead atoms. The summed E-state index contributed by atoms with van der Waals surface area (Å²) in [5, 5.41) is 2.98. The van der Waals surface area contributed by atoms with Crippen molar-refractivity contribution >= 4 is 5.91 Å². The molecular formula is C20H24N2O4. The number of rotatable bonds is 5. The summed E-state index contributed by atoms with van der Waals surface area (Å²) in [7, 11) is 0. The number of ether oxygens (including phenoxy) is 2. The maximum absolute atomic E-state index is 12.5. The smallest absolute Gasteiger partial charge is 0.254 e. The molecule has 2 aliphatic heterocycles. The molecule has 0 saturated carbocycles. The van der Waals surface area contributed by atoms with E-state index >= 15 is 0 Å². The van der Waals surface area contributed by atoms with Gasteiger partial charge in [0, 0.05) is 19.5 Å². The van der Waals surface area contributed by atoms with E-state index in [9.17, 15) is 4.79 Å². The number of carbonyl (C=O) groups excluding carboxylic acids is 1. The lowest BCUT2D eigenvalue weighted by atomic mass is 10.1. The number of aryl methyl sites for hydroxylation is 1. The molecule has 3 heterocycles. The van der Waals surface area contributed by atoms with E-state index in [-0.39, 0.29) is 12.0 Å². The molecular weight excluding hydrogens is 332 g/mol. The molecule has 0 radical (unpaired) electrons. The lowest BCUT2D eigenvalue weighted by molar-refractivity contribution is 0.0312. The predicted octanol–water partition coefficient (Wildman–Crippen LogP) is 2.15. The number of benzene rings is 1. The molecule has 6 heteroatoms. The summed E-state index contributed by atoms with van der Waals surface area (Å²) in [5.41, 5.74) is 1.79. The van der Waals surface area contributed by atoms with Gasteiger partial charge in [-0.2, -0.15) is 0 Å². The van der Waals surface area contributed by atoms with Crippen LogP contribution < -0.4 is 10.1 Å².